The van der Waals surface area contributed by atoms with Crippen LogP contribution < -0.4 is 15.8 Å². The highest BCUT2D eigenvalue weighted by molar-refractivity contribution is 5.88. The van der Waals surface area contributed by atoms with Crippen molar-refractivity contribution in [1.29, 1.82) is 0 Å². The van der Waals surface area contributed by atoms with Gasteiger partial charge in [0.2, 0.25) is 0 Å². The average molecular weight is 287 g/mol. The van der Waals surface area contributed by atoms with Crippen LogP contribution in [0.3, 0.4) is 0 Å². The van der Waals surface area contributed by atoms with E-state index >= 15 is 0 Å². The summed E-state index contributed by atoms with van der Waals surface area (Å²) in [6.07, 6.45) is 2.30. The van der Waals surface area contributed by atoms with Crippen LogP contribution in [-0.2, 0) is 6.42 Å². The van der Waals surface area contributed by atoms with Crippen LogP contribution in [-0.4, -0.2) is 0 Å². The molecule has 0 aliphatic rings. The Balaban J connectivity index is 1.99. The maximum absolute atomic E-state index is 4.24. The first-order valence-electron chi connectivity index (χ1n) is 7.74. The van der Waals surface area contributed by atoms with E-state index in [-0.39, 0.29) is 0 Å². The lowest BCUT2D eigenvalue weighted by atomic mass is 10.0. The first-order valence-corrected chi connectivity index (χ1v) is 7.74. The maximum atomic E-state index is 4.24. The lowest BCUT2D eigenvalue weighted by Gasteiger charge is -2.10. The lowest BCUT2D eigenvalue weighted by Crippen LogP contribution is -2.14. The molecule has 0 saturated heterocycles. The smallest absolute Gasteiger partial charge is 0.0464 e. The highest BCUT2D eigenvalue weighted by atomic mass is 14.9. The van der Waals surface area contributed by atoms with Crippen molar-refractivity contribution in [2.24, 2.45) is 0 Å². The van der Waals surface area contributed by atoms with Crippen LogP contribution in [0.25, 0.3) is 23.9 Å². The number of fused-ring (bicyclic) bond motifs is 1. The third kappa shape index (κ3) is 2.75. The number of nitrogens with one attached hydrogen (secondary N) is 1. The van der Waals surface area contributed by atoms with Crippen molar-refractivity contribution < 1.29 is 0 Å². The molecule has 22 heavy (non-hydrogen) atoms. The van der Waals surface area contributed by atoms with Crippen LogP contribution >= 0.6 is 0 Å². The zero-order valence-corrected chi connectivity index (χ0v) is 13.0. The molecule has 110 valence electrons. The molecule has 3 aromatic carbocycles. The Morgan fingerprint density at radius 1 is 0.909 bits per heavy atom. The Morgan fingerprint density at radius 3 is 2.27 bits per heavy atom. The van der Waals surface area contributed by atoms with Crippen molar-refractivity contribution in [3.05, 3.63) is 70.6 Å². The van der Waals surface area contributed by atoms with Gasteiger partial charge in [0.1, 0.15) is 0 Å². The number of aryl methyl sites for hydroxylation is 1. The zero-order chi connectivity index (χ0) is 15.5. The Bertz CT molecular complexity index is 892. The van der Waals surface area contributed by atoms with Gasteiger partial charge < -0.3 is 5.32 Å². The Morgan fingerprint density at radius 2 is 1.59 bits per heavy atom. The largest absolute Gasteiger partial charge is 0.355 e. The van der Waals surface area contributed by atoms with Gasteiger partial charge in [-0.2, -0.15) is 0 Å². The van der Waals surface area contributed by atoms with Gasteiger partial charge in [0.25, 0.3) is 0 Å². The number of anilines is 2. The number of rotatable bonds is 4. The third-order valence-electron chi connectivity index (χ3n) is 4.01. The van der Waals surface area contributed by atoms with E-state index in [0.717, 1.165) is 39.0 Å². The fourth-order valence-corrected chi connectivity index (χ4v) is 2.82. The SMILES string of the molecule is C=c1cc(Nc2ccc(CCC)cc2)c(=C)c2ccccc12. The summed E-state index contributed by atoms with van der Waals surface area (Å²) in [7, 11) is 0. The highest BCUT2D eigenvalue weighted by Crippen LogP contribution is 2.16. The zero-order valence-electron chi connectivity index (χ0n) is 13.0. The maximum Gasteiger partial charge on any atom is 0.0464 e. The molecule has 0 aliphatic carbocycles. The van der Waals surface area contributed by atoms with Crippen molar-refractivity contribution in [1.82, 2.24) is 0 Å². The molecule has 3 rings (SSSR count). The van der Waals surface area contributed by atoms with Crippen molar-refractivity contribution in [3.8, 4) is 0 Å². The molecule has 0 aromatic heterocycles. The number of hydrogen-bond donors (Lipinski definition) is 1. The second kappa shape index (κ2) is 6.07. The average Bonchev–Trinajstić information content (AvgIpc) is 2.54. The molecule has 0 spiro atoms. The van der Waals surface area contributed by atoms with Gasteiger partial charge in [-0.25, -0.2) is 0 Å². The molecule has 1 heteroatoms. The van der Waals surface area contributed by atoms with E-state index in [1.165, 1.54) is 12.0 Å². The molecule has 0 amide bonds. The second-order valence-electron chi connectivity index (χ2n) is 5.68. The number of hydrogen-bond acceptors (Lipinski definition) is 1. The molecule has 0 aliphatic heterocycles. The van der Waals surface area contributed by atoms with Crippen molar-refractivity contribution in [3.63, 3.8) is 0 Å². The summed E-state index contributed by atoms with van der Waals surface area (Å²) in [5.41, 5.74) is 3.48. The molecule has 0 atom stereocenters. The molecule has 0 saturated carbocycles. The standard InChI is InChI=1S/C21H21N/c1-4-7-17-10-12-18(13-11-17)22-21-14-15(2)19-8-5-6-9-20(19)16(21)3/h5-6,8-14,22H,2-4,7H2,1H3. The van der Waals surface area contributed by atoms with Gasteiger partial charge in [-0.05, 0) is 51.4 Å². The lowest BCUT2D eigenvalue weighted by molar-refractivity contribution is 0.922. The summed E-state index contributed by atoms with van der Waals surface area (Å²) in [4.78, 5) is 0. The monoisotopic (exact) mass is 287 g/mol. The van der Waals surface area contributed by atoms with E-state index in [1.54, 1.807) is 0 Å². The van der Waals surface area contributed by atoms with Gasteiger partial charge in [-0.1, -0.05) is 62.9 Å². The molecule has 0 radical (unpaired) electrons. The van der Waals surface area contributed by atoms with Crippen LogP contribution in [0, 0.1) is 0 Å². The van der Waals surface area contributed by atoms with Crippen LogP contribution in [0.15, 0.2) is 54.6 Å². The summed E-state index contributed by atoms with van der Waals surface area (Å²) < 4.78 is 0. The van der Waals surface area contributed by atoms with Crippen LogP contribution in [0.2, 0.25) is 0 Å². The van der Waals surface area contributed by atoms with Crippen molar-refractivity contribution in [2.75, 3.05) is 5.32 Å². The summed E-state index contributed by atoms with van der Waals surface area (Å²) in [6.45, 7) is 10.6. The second-order valence-corrected chi connectivity index (χ2v) is 5.68. The van der Waals surface area contributed by atoms with Gasteiger partial charge in [0.05, 0.1) is 0 Å². The van der Waals surface area contributed by atoms with Crippen molar-refractivity contribution >= 4 is 35.3 Å². The van der Waals surface area contributed by atoms with Gasteiger partial charge in [-0.15, -0.1) is 0 Å². The van der Waals surface area contributed by atoms with Crippen LogP contribution in [0.5, 0.6) is 0 Å². The summed E-state index contributed by atoms with van der Waals surface area (Å²) >= 11 is 0. The van der Waals surface area contributed by atoms with Gasteiger partial charge in [0.15, 0.2) is 0 Å². The number of benzene rings is 3. The summed E-state index contributed by atoms with van der Waals surface area (Å²) in [6, 6.07) is 19.0. The molecule has 0 fully saturated rings. The molecule has 0 bridgehead atoms. The van der Waals surface area contributed by atoms with Gasteiger partial charge >= 0.3 is 0 Å². The molecule has 3 aromatic rings. The molecule has 1 nitrogen and oxygen atoms in total. The Hall–Kier alpha value is -2.54. The minimum atomic E-state index is 1.01. The van der Waals surface area contributed by atoms with E-state index in [4.69, 9.17) is 0 Å². The normalized spacial score (nSPS) is 10.8. The minimum absolute atomic E-state index is 1.01. The Kier molecular flexibility index (Phi) is 3.97. The fraction of sp³-hybridized carbons (Fsp3) is 0.143. The Labute approximate surface area is 131 Å². The van der Waals surface area contributed by atoms with E-state index < -0.39 is 0 Å². The van der Waals surface area contributed by atoms with Gasteiger partial charge in [-0.3, -0.25) is 0 Å². The quantitative estimate of drug-likeness (QED) is 0.752. The molecular weight excluding hydrogens is 266 g/mol. The minimum Gasteiger partial charge on any atom is -0.355 e. The van der Waals surface area contributed by atoms with Crippen molar-refractivity contribution in [2.45, 2.75) is 19.8 Å². The predicted octanol–water partition coefficient (Wildman–Crippen LogP) is 4.36. The molecular formula is C21H21N. The third-order valence-corrected chi connectivity index (χ3v) is 4.01. The van der Waals surface area contributed by atoms with E-state index in [0.29, 0.717) is 0 Å². The predicted molar refractivity (Wildman–Crippen MR) is 98.0 cm³/mol. The van der Waals surface area contributed by atoms with Crippen LogP contribution in [0.4, 0.5) is 11.4 Å². The first kappa shape index (κ1) is 14.4. The summed E-state index contributed by atoms with van der Waals surface area (Å²) in [5.74, 6) is 0. The van der Waals surface area contributed by atoms with E-state index in [2.05, 4.69) is 67.9 Å². The summed E-state index contributed by atoms with van der Waals surface area (Å²) in [5, 5.41) is 7.82. The first-order chi connectivity index (χ1) is 10.7. The molecule has 0 unspecified atom stereocenters. The fourth-order valence-electron chi connectivity index (χ4n) is 2.82. The van der Waals surface area contributed by atoms with E-state index in [1.807, 2.05) is 12.1 Å². The topological polar surface area (TPSA) is 12.0 Å². The molecule has 1 N–H and O–H groups in total. The highest BCUT2D eigenvalue weighted by Gasteiger charge is 2.02. The van der Waals surface area contributed by atoms with E-state index in [9.17, 15) is 0 Å². The molecule has 0 heterocycles. The van der Waals surface area contributed by atoms with Crippen LogP contribution in [0.1, 0.15) is 18.9 Å². The van der Waals surface area contributed by atoms with Gasteiger partial charge in [0, 0.05) is 11.4 Å².